The Labute approximate surface area is 102 Å². The fraction of sp³-hybridized carbons (Fsp3) is 0.615. The van der Waals surface area contributed by atoms with Gasteiger partial charge >= 0.3 is 0 Å². The van der Waals surface area contributed by atoms with Gasteiger partial charge in [-0.2, -0.15) is 5.26 Å². The molecule has 0 aliphatic heterocycles. The van der Waals surface area contributed by atoms with Crippen LogP contribution in [0.1, 0.15) is 44.7 Å². The maximum absolute atomic E-state index is 8.94. The van der Waals surface area contributed by atoms with Crippen molar-refractivity contribution in [3.05, 3.63) is 18.1 Å². The summed E-state index contributed by atoms with van der Waals surface area (Å²) in [6.07, 6.45) is 9.34. The average Bonchev–Trinajstić information content (AvgIpc) is 2.40. The Morgan fingerprint density at radius 1 is 1.29 bits per heavy atom. The number of hydrogen-bond donors (Lipinski definition) is 1. The summed E-state index contributed by atoms with van der Waals surface area (Å²) in [7, 11) is 0. The summed E-state index contributed by atoms with van der Waals surface area (Å²) < 4.78 is 0. The van der Waals surface area contributed by atoms with Crippen molar-refractivity contribution in [3.63, 3.8) is 0 Å². The molecule has 17 heavy (non-hydrogen) atoms. The minimum Gasteiger partial charge on any atom is -0.365 e. The van der Waals surface area contributed by atoms with Gasteiger partial charge in [-0.1, -0.05) is 13.3 Å². The Bertz CT molecular complexity index is 402. The molecule has 0 saturated heterocycles. The van der Waals surface area contributed by atoms with Crippen molar-refractivity contribution in [2.75, 3.05) is 5.32 Å². The van der Waals surface area contributed by atoms with E-state index in [0.717, 1.165) is 5.92 Å². The van der Waals surface area contributed by atoms with Crippen LogP contribution in [0.15, 0.2) is 12.4 Å². The SMILES string of the molecule is CCC1CCC(Nc2nccnc2C#N)CC1. The van der Waals surface area contributed by atoms with Crippen LogP contribution >= 0.6 is 0 Å². The molecule has 1 saturated carbocycles. The first-order valence-electron chi connectivity index (χ1n) is 6.31. The highest BCUT2D eigenvalue weighted by atomic mass is 15.0. The van der Waals surface area contributed by atoms with Gasteiger partial charge in [0.15, 0.2) is 11.5 Å². The smallest absolute Gasteiger partial charge is 0.182 e. The van der Waals surface area contributed by atoms with E-state index in [0.29, 0.717) is 17.6 Å². The molecule has 1 aliphatic rings. The van der Waals surface area contributed by atoms with Crippen LogP contribution in [0.25, 0.3) is 0 Å². The van der Waals surface area contributed by atoms with Crippen LogP contribution in [0, 0.1) is 17.2 Å². The van der Waals surface area contributed by atoms with Crippen molar-refractivity contribution in [1.29, 1.82) is 5.26 Å². The highest BCUT2D eigenvalue weighted by Gasteiger charge is 2.20. The maximum Gasteiger partial charge on any atom is 0.182 e. The van der Waals surface area contributed by atoms with Crippen LogP contribution < -0.4 is 5.32 Å². The molecule has 2 rings (SSSR count). The van der Waals surface area contributed by atoms with Gasteiger partial charge in [0.25, 0.3) is 0 Å². The van der Waals surface area contributed by atoms with Gasteiger partial charge in [0, 0.05) is 18.4 Å². The van der Waals surface area contributed by atoms with Crippen molar-refractivity contribution in [3.8, 4) is 6.07 Å². The van der Waals surface area contributed by atoms with Crippen LogP contribution in [0.5, 0.6) is 0 Å². The Morgan fingerprint density at radius 2 is 2.00 bits per heavy atom. The van der Waals surface area contributed by atoms with E-state index >= 15 is 0 Å². The van der Waals surface area contributed by atoms with Crippen LogP contribution in [0.4, 0.5) is 5.82 Å². The van der Waals surface area contributed by atoms with Crippen molar-refractivity contribution in [2.45, 2.75) is 45.1 Å². The zero-order valence-electron chi connectivity index (χ0n) is 10.2. The number of anilines is 1. The summed E-state index contributed by atoms with van der Waals surface area (Å²) in [6.45, 7) is 2.26. The Hall–Kier alpha value is -1.63. The van der Waals surface area contributed by atoms with Gasteiger partial charge in [-0.05, 0) is 31.6 Å². The first-order chi connectivity index (χ1) is 8.33. The van der Waals surface area contributed by atoms with Crippen molar-refractivity contribution >= 4 is 5.82 Å². The number of nitrogens with one attached hydrogen (secondary N) is 1. The monoisotopic (exact) mass is 230 g/mol. The number of nitriles is 1. The third-order valence-electron chi connectivity index (χ3n) is 3.57. The van der Waals surface area contributed by atoms with E-state index in [-0.39, 0.29) is 0 Å². The van der Waals surface area contributed by atoms with Gasteiger partial charge in [-0.3, -0.25) is 0 Å². The lowest BCUT2D eigenvalue weighted by atomic mass is 9.84. The quantitative estimate of drug-likeness (QED) is 0.867. The van der Waals surface area contributed by atoms with E-state index < -0.39 is 0 Å². The molecule has 0 bridgehead atoms. The second-order valence-corrected chi connectivity index (χ2v) is 4.64. The number of nitrogens with zero attached hydrogens (tertiary/aromatic N) is 3. The Morgan fingerprint density at radius 3 is 2.65 bits per heavy atom. The molecule has 1 aliphatic carbocycles. The molecule has 0 amide bonds. The standard InChI is InChI=1S/C13H18N4/c1-2-10-3-5-11(6-4-10)17-13-12(9-14)15-7-8-16-13/h7-8,10-11H,2-6H2,1H3,(H,16,17). The predicted octanol–water partition coefficient (Wildman–Crippen LogP) is 2.73. The molecule has 4 heteroatoms. The van der Waals surface area contributed by atoms with Gasteiger partial charge in [0.2, 0.25) is 0 Å². The molecule has 0 atom stereocenters. The lowest BCUT2D eigenvalue weighted by Gasteiger charge is -2.28. The molecular weight excluding hydrogens is 212 g/mol. The zero-order valence-corrected chi connectivity index (χ0v) is 10.2. The molecule has 1 heterocycles. The number of hydrogen-bond acceptors (Lipinski definition) is 4. The molecule has 0 spiro atoms. The number of rotatable bonds is 3. The van der Waals surface area contributed by atoms with E-state index in [4.69, 9.17) is 5.26 Å². The minimum absolute atomic E-state index is 0.394. The summed E-state index contributed by atoms with van der Waals surface area (Å²) in [5, 5.41) is 12.3. The summed E-state index contributed by atoms with van der Waals surface area (Å²) in [6, 6.07) is 2.51. The molecule has 1 fully saturated rings. The van der Waals surface area contributed by atoms with Gasteiger partial charge < -0.3 is 5.32 Å². The minimum atomic E-state index is 0.394. The van der Waals surface area contributed by atoms with Crippen LogP contribution in [-0.2, 0) is 0 Å². The van der Waals surface area contributed by atoms with Crippen LogP contribution in [-0.4, -0.2) is 16.0 Å². The van der Waals surface area contributed by atoms with Gasteiger partial charge in [-0.15, -0.1) is 0 Å². The highest BCUT2D eigenvalue weighted by molar-refractivity contribution is 5.47. The molecule has 0 unspecified atom stereocenters. The molecule has 0 aromatic carbocycles. The summed E-state index contributed by atoms with van der Waals surface area (Å²) in [5.41, 5.74) is 0.394. The average molecular weight is 230 g/mol. The van der Waals surface area contributed by atoms with E-state index in [2.05, 4.69) is 28.3 Å². The third kappa shape index (κ3) is 2.94. The molecule has 4 nitrogen and oxygen atoms in total. The normalized spacial score (nSPS) is 24.0. The fourth-order valence-corrected chi connectivity index (χ4v) is 2.43. The van der Waals surface area contributed by atoms with Crippen LogP contribution in [0.3, 0.4) is 0 Å². The first-order valence-corrected chi connectivity index (χ1v) is 6.31. The highest BCUT2D eigenvalue weighted by Crippen LogP contribution is 2.28. The van der Waals surface area contributed by atoms with Gasteiger partial charge in [-0.25, -0.2) is 9.97 Å². The van der Waals surface area contributed by atoms with Crippen molar-refractivity contribution < 1.29 is 0 Å². The van der Waals surface area contributed by atoms with Crippen LogP contribution in [0.2, 0.25) is 0 Å². The van der Waals surface area contributed by atoms with Gasteiger partial charge in [0.1, 0.15) is 6.07 Å². The molecule has 1 aromatic heterocycles. The molecule has 0 radical (unpaired) electrons. The molecule has 1 N–H and O–H groups in total. The topological polar surface area (TPSA) is 61.6 Å². The zero-order chi connectivity index (χ0) is 12.1. The predicted molar refractivity (Wildman–Crippen MR) is 66.4 cm³/mol. The summed E-state index contributed by atoms with van der Waals surface area (Å²) in [4.78, 5) is 8.19. The lowest BCUT2D eigenvalue weighted by Crippen LogP contribution is -2.26. The maximum atomic E-state index is 8.94. The molecule has 90 valence electrons. The second-order valence-electron chi connectivity index (χ2n) is 4.64. The van der Waals surface area contributed by atoms with E-state index in [1.54, 1.807) is 12.4 Å². The van der Waals surface area contributed by atoms with E-state index in [1.807, 2.05) is 0 Å². The number of aromatic nitrogens is 2. The first kappa shape index (κ1) is 11.8. The third-order valence-corrected chi connectivity index (χ3v) is 3.57. The van der Waals surface area contributed by atoms with Crippen molar-refractivity contribution in [2.24, 2.45) is 5.92 Å². The summed E-state index contributed by atoms with van der Waals surface area (Å²) >= 11 is 0. The van der Waals surface area contributed by atoms with E-state index in [9.17, 15) is 0 Å². The van der Waals surface area contributed by atoms with E-state index in [1.165, 1.54) is 32.1 Å². The Balaban J connectivity index is 1.96. The Kier molecular flexibility index (Phi) is 3.92. The fourth-order valence-electron chi connectivity index (χ4n) is 2.43. The van der Waals surface area contributed by atoms with Gasteiger partial charge in [0.05, 0.1) is 0 Å². The second kappa shape index (κ2) is 5.62. The molecular formula is C13H18N4. The molecule has 1 aromatic rings. The lowest BCUT2D eigenvalue weighted by molar-refractivity contribution is 0.330. The largest absolute Gasteiger partial charge is 0.365 e. The van der Waals surface area contributed by atoms with Crippen molar-refractivity contribution in [1.82, 2.24) is 9.97 Å². The summed E-state index contributed by atoms with van der Waals surface area (Å²) in [5.74, 6) is 1.51.